The lowest BCUT2D eigenvalue weighted by Crippen LogP contribution is -2.08. The predicted octanol–water partition coefficient (Wildman–Crippen LogP) is 2.37. The minimum atomic E-state index is -0.358. The van der Waals surface area contributed by atoms with E-state index in [0.29, 0.717) is 37.6 Å². The Hall–Kier alpha value is -1.57. The molecule has 0 radical (unpaired) electrons. The molecule has 104 valence electrons. The van der Waals surface area contributed by atoms with Gasteiger partial charge in [0.2, 0.25) is 0 Å². The van der Waals surface area contributed by atoms with Gasteiger partial charge in [0.25, 0.3) is 0 Å². The molecule has 0 aliphatic heterocycles. The molecule has 0 spiro atoms. The summed E-state index contributed by atoms with van der Waals surface area (Å²) < 4.78 is 24.0. The van der Waals surface area contributed by atoms with Crippen molar-refractivity contribution in [2.45, 2.75) is 19.8 Å². The largest absolute Gasteiger partial charge is 0.490 e. The molecule has 0 aliphatic rings. The molecule has 1 rings (SSSR count). The first kappa shape index (κ1) is 15.5. The number of aliphatic hydroxyl groups excluding tert-OH is 1. The minimum absolute atomic E-state index is 0.0106. The lowest BCUT2D eigenvalue weighted by Gasteiger charge is -2.08. The molecule has 0 aliphatic carbocycles. The summed E-state index contributed by atoms with van der Waals surface area (Å²) in [7, 11) is 0. The summed E-state index contributed by atoms with van der Waals surface area (Å²) in [6, 6.07) is 4.21. The molecule has 1 aromatic rings. The number of halogens is 1. The third-order valence-electron chi connectivity index (χ3n) is 2.24. The van der Waals surface area contributed by atoms with E-state index in [2.05, 4.69) is 11.8 Å². The van der Waals surface area contributed by atoms with Crippen LogP contribution in [0.15, 0.2) is 18.2 Å². The summed E-state index contributed by atoms with van der Waals surface area (Å²) in [6.07, 6.45) is 1.32. The second-order valence-corrected chi connectivity index (χ2v) is 3.88. The first-order valence-corrected chi connectivity index (χ1v) is 6.37. The number of benzene rings is 1. The van der Waals surface area contributed by atoms with Gasteiger partial charge in [0.1, 0.15) is 18.2 Å². The molecule has 0 saturated carbocycles. The summed E-state index contributed by atoms with van der Waals surface area (Å²) in [4.78, 5) is 0. The van der Waals surface area contributed by atoms with Gasteiger partial charge in [-0.3, -0.25) is 0 Å². The van der Waals surface area contributed by atoms with Gasteiger partial charge in [-0.05, 0) is 24.6 Å². The Morgan fingerprint density at radius 1 is 1.26 bits per heavy atom. The van der Waals surface area contributed by atoms with Crippen molar-refractivity contribution in [1.29, 1.82) is 0 Å². The molecule has 0 aromatic heterocycles. The summed E-state index contributed by atoms with van der Waals surface area (Å²) in [5, 5.41) is 8.67. The average Bonchev–Trinajstić information content (AvgIpc) is 2.41. The molecule has 0 saturated heterocycles. The number of hydrogen-bond donors (Lipinski definition) is 1. The Bertz CT molecular complexity index is 435. The highest BCUT2D eigenvalue weighted by Crippen LogP contribution is 2.18. The van der Waals surface area contributed by atoms with Gasteiger partial charge in [0, 0.05) is 13.0 Å². The van der Waals surface area contributed by atoms with Gasteiger partial charge in [-0.1, -0.05) is 18.8 Å². The van der Waals surface area contributed by atoms with Crippen LogP contribution in [0.5, 0.6) is 5.75 Å². The van der Waals surface area contributed by atoms with Crippen LogP contribution in [0.25, 0.3) is 0 Å². The molecule has 1 N–H and O–H groups in total. The van der Waals surface area contributed by atoms with Gasteiger partial charge in [-0.2, -0.15) is 0 Å². The van der Waals surface area contributed by atoms with Crippen LogP contribution in [0.4, 0.5) is 4.39 Å². The number of rotatable bonds is 7. The molecule has 0 amide bonds. The van der Waals surface area contributed by atoms with Gasteiger partial charge in [0.15, 0.2) is 0 Å². The maximum atomic E-state index is 13.1. The van der Waals surface area contributed by atoms with Crippen molar-refractivity contribution < 1.29 is 19.0 Å². The van der Waals surface area contributed by atoms with E-state index in [4.69, 9.17) is 14.6 Å². The summed E-state index contributed by atoms with van der Waals surface area (Å²) >= 11 is 0. The van der Waals surface area contributed by atoms with Crippen LogP contribution in [0.2, 0.25) is 0 Å². The van der Waals surface area contributed by atoms with Crippen molar-refractivity contribution >= 4 is 0 Å². The highest BCUT2D eigenvalue weighted by atomic mass is 19.1. The Morgan fingerprint density at radius 3 is 2.84 bits per heavy atom. The molecule has 0 bridgehead atoms. The Balaban J connectivity index is 2.59. The molecule has 0 fully saturated rings. The minimum Gasteiger partial charge on any atom is -0.490 e. The zero-order valence-corrected chi connectivity index (χ0v) is 11.1. The molecular formula is C15H19FO3. The van der Waals surface area contributed by atoms with E-state index < -0.39 is 0 Å². The van der Waals surface area contributed by atoms with Crippen molar-refractivity contribution in [3.63, 3.8) is 0 Å². The highest BCUT2D eigenvalue weighted by molar-refractivity contribution is 5.46. The predicted molar refractivity (Wildman–Crippen MR) is 71.6 cm³/mol. The molecule has 4 heteroatoms. The van der Waals surface area contributed by atoms with Crippen LogP contribution in [0.3, 0.4) is 0 Å². The first-order chi connectivity index (χ1) is 9.27. The van der Waals surface area contributed by atoms with E-state index in [1.54, 1.807) is 6.07 Å². The van der Waals surface area contributed by atoms with Crippen molar-refractivity contribution in [1.82, 2.24) is 0 Å². The van der Waals surface area contributed by atoms with Crippen LogP contribution in [-0.2, 0) is 4.74 Å². The van der Waals surface area contributed by atoms with Crippen LogP contribution in [-0.4, -0.2) is 31.5 Å². The summed E-state index contributed by atoms with van der Waals surface area (Å²) in [5.74, 6) is 5.72. The van der Waals surface area contributed by atoms with Crippen molar-refractivity contribution in [3.8, 4) is 17.6 Å². The molecule has 19 heavy (non-hydrogen) atoms. The lowest BCUT2D eigenvalue weighted by atomic mass is 10.2. The van der Waals surface area contributed by atoms with E-state index in [0.717, 1.165) is 6.42 Å². The number of hydrogen-bond acceptors (Lipinski definition) is 3. The topological polar surface area (TPSA) is 38.7 Å². The fraction of sp³-hybridized carbons (Fsp3) is 0.467. The van der Waals surface area contributed by atoms with E-state index in [1.165, 1.54) is 12.1 Å². The van der Waals surface area contributed by atoms with E-state index >= 15 is 0 Å². The SMILES string of the molecule is CCCOCCOc1ccc(F)cc1C#CCCO. The number of ether oxygens (including phenoxy) is 2. The van der Waals surface area contributed by atoms with Gasteiger partial charge in [0.05, 0.1) is 18.8 Å². The standard InChI is InChI=1S/C15H19FO3/c1-2-9-18-10-11-19-15-7-6-14(16)12-13(15)5-3-4-8-17/h6-7,12,17H,2,4,8-11H2,1H3. The van der Waals surface area contributed by atoms with Gasteiger partial charge in [-0.15, -0.1) is 0 Å². The lowest BCUT2D eigenvalue weighted by molar-refractivity contribution is 0.100. The van der Waals surface area contributed by atoms with Crippen LogP contribution in [0.1, 0.15) is 25.3 Å². The quantitative estimate of drug-likeness (QED) is 0.608. The van der Waals surface area contributed by atoms with Crippen molar-refractivity contribution in [2.24, 2.45) is 0 Å². The first-order valence-electron chi connectivity index (χ1n) is 6.37. The second-order valence-electron chi connectivity index (χ2n) is 3.88. The van der Waals surface area contributed by atoms with Gasteiger partial charge >= 0.3 is 0 Å². The normalized spacial score (nSPS) is 9.84. The smallest absolute Gasteiger partial charge is 0.135 e. The third-order valence-corrected chi connectivity index (χ3v) is 2.24. The second kappa shape index (κ2) is 9.37. The molecular weight excluding hydrogens is 247 g/mol. The molecule has 0 unspecified atom stereocenters. The molecule has 1 aromatic carbocycles. The fourth-order valence-electron chi connectivity index (χ4n) is 1.40. The maximum absolute atomic E-state index is 13.1. The van der Waals surface area contributed by atoms with Crippen LogP contribution >= 0.6 is 0 Å². The Morgan fingerprint density at radius 2 is 2.11 bits per heavy atom. The maximum Gasteiger partial charge on any atom is 0.135 e. The Labute approximate surface area is 113 Å². The monoisotopic (exact) mass is 266 g/mol. The molecule has 0 atom stereocenters. The van der Waals surface area contributed by atoms with Crippen LogP contribution in [0, 0.1) is 17.7 Å². The summed E-state index contributed by atoms with van der Waals surface area (Å²) in [6.45, 7) is 3.63. The van der Waals surface area contributed by atoms with Crippen molar-refractivity contribution in [3.05, 3.63) is 29.6 Å². The Kier molecular flexibility index (Phi) is 7.64. The summed E-state index contributed by atoms with van der Waals surface area (Å²) in [5.41, 5.74) is 0.490. The molecule has 3 nitrogen and oxygen atoms in total. The average molecular weight is 266 g/mol. The third kappa shape index (κ3) is 6.23. The highest BCUT2D eigenvalue weighted by Gasteiger charge is 2.03. The zero-order chi connectivity index (χ0) is 13.9. The fourth-order valence-corrected chi connectivity index (χ4v) is 1.40. The van der Waals surface area contributed by atoms with E-state index in [1.807, 2.05) is 6.92 Å². The van der Waals surface area contributed by atoms with Gasteiger partial charge < -0.3 is 14.6 Å². The molecule has 0 heterocycles. The van der Waals surface area contributed by atoms with Crippen LogP contribution < -0.4 is 4.74 Å². The van der Waals surface area contributed by atoms with Gasteiger partial charge in [-0.25, -0.2) is 4.39 Å². The van der Waals surface area contributed by atoms with E-state index in [-0.39, 0.29) is 12.4 Å². The van der Waals surface area contributed by atoms with E-state index in [9.17, 15) is 4.39 Å². The number of aliphatic hydroxyl groups is 1. The zero-order valence-electron chi connectivity index (χ0n) is 11.1. The van der Waals surface area contributed by atoms with Crippen molar-refractivity contribution in [2.75, 3.05) is 26.4 Å².